The van der Waals surface area contributed by atoms with Gasteiger partial charge in [0.2, 0.25) is 0 Å². The third kappa shape index (κ3) is 6.18. The summed E-state index contributed by atoms with van der Waals surface area (Å²) in [5.41, 5.74) is 6.21. The van der Waals surface area contributed by atoms with Crippen molar-refractivity contribution in [2.75, 3.05) is 0 Å². The highest BCUT2D eigenvalue weighted by Crippen LogP contribution is 2.36. The van der Waals surface area contributed by atoms with Gasteiger partial charge in [0.1, 0.15) is 0 Å². The number of nitrogens with two attached hydrogens (primary N) is 1. The van der Waals surface area contributed by atoms with Gasteiger partial charge >= 0.3 is 0 Å². The zero-order valence-corrected chi connectivity index (χ0v) is 15.0. The second kappa shape index (κ2) is 9.51. The van der Waals surface area contributed by atoms with Gasteiger partial charge in [-0.25, -0.2) is 0 Å². The molecule has 0 spiro atoms. The second-order valence-electron chi connectivity index (χ2n) is 4.79. The Morgan fingerprint density at radius 2 is 1.72 bits per heavy atom. The zero-order chi connectivity index (χ0) is 13.4. The fraction of sp³-hybridized carbons (Fsp3) is 0.714. The molecule has 0 bridgehead atoms. The Hall–Kier alpha value is 0.620. The highest BCUT2D eigenvalue weighted by Gasteiger charge is 2.11. The lowest BCUT2D eigenvalue weighted by atomic mass is 10.0. The van der Waals surface area contributed by atoms with Crippen LogP contribution in [-0.4, -0.2) is 0 Å². The largest absolute Gasteiger partial charge is 0.323 e. The topological polar surface area (TPSA) is 26.0 Å². The van der Waals surface area contributed by atoms with E-state index in [0.29, 0.717) is 0 Å². The lowest BCUT2D eigenvalue weighted by molar-refractivity contribution is 0.544. The number of hydrogen-bond donors (Lipinski definition) is 1. The van der Waals surface area contributed by atoms with E-state index in [9.17, 15) is 0 Å². The molecule has 0 fully saturated rings. The maximum Gasteiger partial charge on any atom is 0.0843 e. The minimum Gasteiger partial charge on any atom is -0.323 e. The smallest absolute Gasteiger partial charge is 0.0843 e. The highest BCUT2D eigenvalue weighted by molar-refractivity contribution is 9.13. The third-order valence-electron chi connectivity index (χ3n) is 3.15. The van der Waals surface area contributed by atoms with E-state index in [2.05, 4.69) is 44.8 Å². The molecule has 0 amide bonds. The van der Waals surface area contributed by atoms with Crippen LogP contribution >= 0.6 is 43.2 Å². The average Bonchev–Trinajstić information content (AvgIpc) is 2.68. The van der Waals surface area contributed by atoms with E-state index in [4.69, 9.17) is 5.73 Å². The Balaban J connectivity index is 2.12. The molecule has 0 saturated heterocycles. The van der Waals surface area contributed by atoms with Crippen molar-refractivity contribution in [1.82, 2.24) is 0 Å². The van der Waals surface area contributed by atoms with Crippen LogP contribution in [0.15, 0.2) is 14.3 Å². The monoisotopic (exact) mass is 395 g/mol. The van der Waals surface area contributed by atoms with Gasteiger partial charge in [0.15, 0.2) is 0 Å². The molecule has 0 aliphatic carbocycles. The van der Waals surface area contributed by atoms with Crippen molar-refractivity contribution < 1.29 is 0 Å². The molecule has 1 atom stereocenters. The molecule has 1 rings (SSSR count). The van der Waals surface area contributed by atoms with Crippen LogP contribution in [0, 0.1) is 0 Å². The van der Waals surface area contributed by atoms with E-state index < -0.39 is 0 Å². The van der Waals surface area contributed by atoms with Gasteiger partial charge < -0.3 is 5.73 Å². The number of halogens is 2. The first-order valence-corrected chi connectivity index (χ1v) is 9.25. The predicted molar refractivity (Wildman–Crippen MR) is 89.3 cm³/mol. The molecule has 1 unspecified atom stereocenters. The minimum atomic E-state index is 0.202. The Morgan fingerprint density at radius 1 is 1.11 bits per heavy atom. The first-order valence-electron chi connectivity index (χ1n) is 6.85. The molecule has 1 aromatic rings. The van der Waals surface area contributed by atoms with Crippen molar-refractivity contribution in [1.29, 1.82) is 0 Å². The van der Waals surface area contributed by atoms with Crippen molar-refractivity contribution in [3.05, 3.63) is 19.2 Å². The van der Waals surface area contributed by atoms with Gasteiger partial charge in [0.05, 0.1) is 3.79 Å². The van der Waals surface area contributed by atoms with Gasteiger partial charge in [0, 0.05) is 15.4 Å². The Morgan fingerprint density at radius 3 is 2.28 bits per heavy atom. The van der Waals surface area contributed by atoms with Gasteiger partial charge in [-0.2, -0.15) is 0 Å². The van der Waals surface area contributed by atoms with Crippen molar-refractivity contribution in [3.8, 4) is 0 Å². The molecule has 0 aliphatic rings. The molecule has 104 valence electrons. The fourth-order valence-corrected chi connectivity index (χ4v) is 4.14. The van der Waals surface area contributed by atoms with Gasteiger partial charge in [-0.1, -0.05) is 51.9 Å². The Bertz CT molecular complexity index is 319. The summed E-state index contributed by atoms with van der Waals surface area (Å²) >= 11 is 8.77. The van der Waals surface area contributed by atoms with Crippen LogP contribution in [0.1, 0.15) is 69.2 Å². The average molecular weight is 397 g/mol. The van der Waals surface area contributed by atoms with Crippen LogP contribution in [0.25, 0.3) is 0 Å². The van der Waals surface area contributed by atoms with E-state index in [1.807, 2.05) is 0 Å². The summed E-state index contributed by atoms with van der Waals surface area (Å²) in [5.74, 6) is 0. The normalized spacial score (nSPS) is 12.9. The standard InChI is InChI=1S/C14H23Br2NS/c1-2-3-4-5-6-7-8-9-12(17)13-10-11(15)14(16)18-13/h10,12H,2-9,17H2,1H3. The van der Waals surface area contributed by atoms with Crippen LogP contribution in [0.5, 0.6) is 0 Å². The third-order valence-corrected chi connectivity index (χ3v) is 6.54. The summed E-state index contributed by atoms with van der Waals surface area (Å²) in [7, 11) is 0. The fourth-order valence-electron chi connectivity index (χ4n) is 2.01. The van der Waals surface area contributed by atoms with E-state index in [0.717, 1.165) is 14.7 Å². The SMILES string of the molecule is CCCCCCCCCC(N)c1cc(Br)c(Br)s1. The zero-order valence-electron chi connectivity index (χ0n) is 11.1. The number of unbranched alkanes of at least 4 members (excludes halogenated alkanes) is 6. The van der Waals surface area contributed by atoms with Gasteiger partial charge in [-0.15, -0.1) is 11.3 Å². The Labute approximate surface area is 132 Å². The molecule has 0 radical (unpaired) electrons. The van der Waals surface area contributed by atoms with Crippen LogP contribution in [0.4, 0.5) is 0 Å². The molecule has 1 aromatic heterocycles. The van der Waals surface area contributed by atoms with Crippen LogP contribution in [0.3, 0.4) is 0 Å². The second-order valence-corrected chi connectivity index (χ2v) is 8.04. The lowest BCUT2D eigenvalue weighted by Crippen LogP contribution is -2.08. The first kappa shape index (κ1) is 16.7. The van der Waals surface area contributed by atoms with E-state index in [1.54, 1.807) is 11.3 Å². The molecular formula is C14H23Br2NS. The lowest BCUT2D eigenvalue weighted by Gasteiger charge is -2.08. The highest BCUT2D eigenvalue weighted by atomic mass is 79.9. The van der Waals surface area contributed by atoms with Crippen LogP contribution in [-0.2, 0) is 0 Å². The molecule has 0 aromatic carbocycles. The Kier molecular flexibility index (Phi) is 8.81. The predicted octanol–water partition coefficient (Wildman–Crippen LogP) is 6.41. The van der Waals surface area contributed by atoms with Gasteiger partial charge in [-0.05, 0) is 44.3 Å². The summed E-state index contributed by atoms with van der Waals surface area (Å²) in [6.45, 7) is 2.26. The first-order chi connectivity index (χ1) is 8.65. The summed E-state index contributed by atoms with van der Waals surface area (Å²) in [5, 5.41) is 0. The molecule has 1 heterocycles. The minimum absolute atomic E-state index is 0.202. The van der Waals surface area contributed by atoms with Gasteiger partial charge in [-0.3, -0.25) is 0 Å². The summed E-state index contributed by atoms with van der Waals surface area (Å²) in [6.07, 6.45) is 10.5. The number of thiophene rings is 1. The van der Waals surface area contributed by atoms with E-state index >= 15 is 0 Å². The van der Waals surface area contributed by atoms with Crippen LogP contribution in [0.2, 0.25) is 0 Å². The molecular weight excluding hydrogens is 374 g/mol. The van der Waals surface area contributed by atoms with Crippen LogP contribution < -0.4 is 5.73 Å². The molecule has 0 saturated carbocycles. The maximum absolute atomic E-state index is 6.21. The maximum atomic E-state index is 6.21. The quantitative estimate of drug-likeness (QED) is 0.479. The molecule has 18 heavy (non-hydrogen) atoms. The van der Waals surface area contributed by atoms with Gasteiger partial charge in [0.25, 0.3) is 0 Å². The summed E-state index contributed by atoms with van der Waals surface area (Å²) < 4.78 is 2.27. The van der Waals surface area contributed by atoms with Crippen molar-refractivity contribution in [2.24, 2.45) is 5.73 Å². The summed E-state index contributed by atoms with van der Waals surface area (Å²) in [6, 6.07) is 2.34. The number of hydrogen-bond acceptors (Lipinski definition) is 2. The molecule has 0 aliphatic heterocycles. The van der Waals surface area contributed by atoms with E-state index in [-0.39, 0.29) is 6.04 Å². The van der Waals surface area contributed by atoms with E-state index in [1.165, 1.54) is 49.8 Å². The summed E-state index contributed by atoms with van der Waals surface area (Å²) in [4.78, 5) is 1.28. The molecule has 2 N–H and O–H groups in total. The number of rotatable bonds is 9. The molecule has 1 nitrogen and oxygen atoms in total. The van der Waals surface area contributed by atoms with Crippen molar-refractivity contribution in [3.63, 3.8) is 0 Å². The van der Waals surface area contributed by atoms with Crippen molar-refractivity contribution in [2.45, 2.75) is 64.3 Å². The van der Waals surface area contributed by atoms with Crippen molar-refractivity contribution >= 4 is 43.2 Å². The molecule has 4 heteroatoms.